The molecule has 0 unspecified atom stereocenters. The zero-order valence-electron chi connectivity index (χ0n) is 83.9. The second kappa shape index (κ2) is 63.1. The molecule has 20 aromatic rings. The van der Waals surface area contributed by atoms with Crippen LogP contribution in [0.3, 0.4) is 0 Å². The van der Waals surface area contributed by atoms with Crippen LogP contribution in [0.4, 0.5) is 0 Å². The van der Waals surface area contributed by atoms with Crippen molar-refractivity contribution in [1.29, 1.82) is 0 Å². The van der Waals surface area contributed by atoms with Crippen LogP contribution in [-0.2, 0) is 101 Å². The maximum absolute atomic E-state index is 4.36. The maximum Gasteiger partial charge on any atom is 0.0190 e. The normalized spacial score (nSPS) is 9.75. The Hall–Kier alpha value is -13.1. The van der Waals surface area contributed by atoms with Gasteiger partial charge in [0.25, 0.3) is 0 Å². The minimum Gasteiger partial charge on any atom is -0.305 e. The van der Waals surface area contributed by atoms with Crippen LogP contribution in [0.1, 0.15) is 100 Å². The number of nitrogens with zero attached hydrogens (tertiary/aromatic N) is 10. The first kappa shape index (κ1) is 119. The first-order valence-electron chi connectivity index (χ1n) is 45.9. The molecule has 0 amide bonds. The summed E-state index contributed by atoms with van der Waals surface area (Å²) in [6, 6.07) is 137. The van der Waals surface area contributed by atoms with Crippen LogP contribution in [0, 0.1) is 185 Å². The molecule has 0 fully saturated rings. The molecule has 0 aliphatic heterocycles. The molecule has 143 heavy (non-hydrogen) atoms. The van der Waals surface area contributed by atoms with Crippen LogP contribution in [0.2, 0.25) is 0 Å². The molecular formula is C128H116Ir5N10-10. The van der Waals surface area contributed by atoms with E-state index < -0.39 is 0 Å². The molecule has 10 aromatic carbocycles. The van der Waals surface area contributed by atoms with Crippen LogP contribution < -0.4 is 0 Å². The van der Waals surface area contributed by atoms with Gasteiger partial charge in [-0.2, -0.15) is 0 Å². The molecule has 0 atom stereocenters. The van der Waals surface area contributed by atoms with Crippen molar-refractivity contribution < 1.29 is 101 Å². The predicted octanol–water partition coefficient (Wildman–Crippen LogP) is 31.0. The van der Waals surface area contributed by atoms with E-state index in [-0.39, 0.29) is 101 Å². The van der Waals surface area contributed by atoms with Gasteiger partial charge < -0.3 is 49.8 Å². The smallest absolute Gasteiger partial charge is 0.0190 e. The van der Waals surface area contributed by atoms with Gasteiger partial charge >= 0.3 is 0 Å². The van der Waals surface area contributed by atoms with E-state index in [4.69, 9.17) is 0 Å². The summed E-state index contributed by atoms with van der Waals surface area (Å²) in [4.78, 5) is 43.2. The molecule has 0 aliphatic rings. The Labute approximate surface area is 917 Å². The molecule has 10 aromatic heterocycles. The van der Waals surface area contributed by atoms with Gasteiger partial charge in [-0.05, 0) is 171 Å². The summed E-state index contributed by atoms with van der Waals surface area (Å²) >= 11 is 0. The van der Waals surface area contributed by atoms with Crippen LogP contribution in [-0.4, -0.2) is 49.8 Å². The fourth-order valence-electron chi connectivity index (χ4n) is 13.6. The summed E-state index contributed by atoms with van der Waals surface area (Å²) < 4.78 is 0. The molecule has 10 nitrogen and oxygen atoms in total. The van der Waals surface area contributed by atoms with Gasteiger partial charge in [0.1, 0.15) is 0 Å². The van der Waals surface area contributed by atoms with Crippen molar-refractivity contribution in [2.75, 3.05) is 0 Å². The fourth-order valence-corrected chi connectivity index (χ4v) is 13.6. The van der Waals surface area contributed by atoms with Crippen molar-refractivity contribution in [3.63, 3.8) is 0 Å². The molecule has 10 heterocycles. The zero-order valence-corrected chi connectivity index (χ0v) is 95.9. The number of hydrogen-bond acceptors (Lipinski definition) is 10. The summed E-state index contributed by atoms with van der Waals surface area (Å²) in [6.45, 7) is 37.2. The number of aromatic nitrogens is 10. The van der Waals surface area contributed by atoms with Crippen molar-refractivity contribution >= 4 is 0 Å². The number of pyridine rings is 10. The van der Waals surface area contributed by atoms with E-state index >= 15 is 0 Å². The third-order valence-electron chi connectivity index (χ3n) is 21.0. The molecule has 20 rings (SSSR count). The van der Waals surface area contributed by atoms with Gasteiger partial charge in [-0.1, -0.05) is 189 Å². The van der Waals surface area contributed by atoms with Gasteiger partial charge in [-0.15, -0.1) is 354 Å². The number of rotatable bonds is 10. The molecule has 0 saturated heterocycles. The average molecular weight is 2760 g/mol. The molecule has 0 bridgehead atoms. The van der Waals surface area contributed by atoms with Gasteiger partial charge in [0.15, 0.2) is 0 Å². The Morgan fingerprint density at radius 2 is 0.273 bits per heavy atom. The van der Waals surface area contributed by atoms with Gasteiger partial charge in [0, 0.05) is 162 Å². The summed E-state index contributed by atoms with van der Waals surface area (Å²) in [7, 11) is 0. The SMILES string of the molecule is Cc1cc[c-]c(-c2cc(C)ccn2)c1.Cc1cc[c-]c(-c2cc(C)ccn2)c1.Cc1cc[c-]c(-c2cc(C)ccn2)c1.Cc1cc[c-]c(-c2cc(C)ccn2)c1.Cc1cc[c-]c(-c2ccccn2)c1.Cc1cc[c-]c(-c2ccccn2)c1.Cc1ccc(-c2[c-]ccc(C)c2)nc1.Cc1ccc(-c2[c-]ccc(C)c2)nc1.Cc1ccc(-c2[c-]ccc(C)c2)nc1.Cc1ccc(-c2[c-]ccc(C)c2)nc1.[Ir].[Ir].[Ir].[Ir].[Ir]. The van der Waals surface area contributed by atoms with E-state index in [0.717, 1.165) is 113 Å². The maximum atomic E-state index is 4.36. The largest absolute Gasteiger partial charge is 0.305 e. The molecule has 5 radical (unpaired) electrons. The molecule has 15 heteroatoms. The number of benzene rings is 10. The Balaban J connectivity index is 0.000000242. The number of hydrogen-bond donors (Lipinski definition) is 0. The van der Waals surface area contributed by atoms with Gasteiger partial charge in [0.2, 0.25) is 0 Å². The molecule has 0 saturated carbocycles. The third kappa shape index (κ3) is 41.8. The zero-order chi connectivity index (χ0) is 97.9. The van der Waals surface area contributed by atoms with E-state index in [2.05, 4.69) is 317 Å². The van der Waals surface area contributed by atoms with Gasteiger partial charge in [-0.3, -0.25) is 0 Å². The molecule has 0 aliphatic carbocycles. The van der Waals surface area contributed by atoms with Crippen molar-refractivity contribution in [3.05, 3.63) is 538 Å². The second-order valence-electron chi connectivity index (χ2n) is 34.0. The predicted molar refractivity (Wildman–Crippen MR) is 570 cm³/mol. The summed E-state index contributed by atoms with van der Waals surface area (Å²) in [5.41, 5.74) is 42.5. The quantitative estimate of drug-likeness (QED) is 0.122. The van der Waals surface area contributed by atoms with E-state index in [1.54, 1.807) is 12.4 Å². The monoisotopic (exact) mass is 2760 g/mol. The fraction of sp³-hybridized carbons (Fsp3) is 0.141. The van der Waals surface area contributed by atoms with Crippen molar-refractivity contribution in [1.82, 2.24) is 49.8 Å². The summed E-state index contributed by atoms with van der Waals surface area (Å²) in [5.74, 6) is 0. The Morgan fingerprint density at radius 3 is 0.406 bits per heavy atom. The standard InChI is InChI=1S/8C13H12N.2C12H10N.5Ir/c4*1-10-4-3-5-12(8-10)13-9-11(2)6-7-14-13;4*1-10-4-3-5-12(8-10)13-7-6-11(2)9-14-13;2*1-10-5-4-6-11(9-10)12-7-2-3-8-13-12;;;;;/h8*3-4,6-9H,1-2H3;2*2-5,7-9H,1H3;;;;;/q10*-1;;;;;. The van der Waals surface area contributed by atoms with E-state index in [0.29, 0.717) is 0 Å². The molecule has 0 N–H and O–H groups in total. The Bertz CT molecular complexity index is 6220. The van der Waals surface area contributed by atoms with E-state index in [1.807, 2.05) is 284 Å². The molecule has 733 valence electrons. The van der Waals surface area contributed by atoms with Crippen LogP contribution in [0.15, 0.2) is 377 Å². The first-order chi connectivity index (χ1) is 66.8. The van der Waals surface area contributed by atoms with Gasteiger partial charge in [-0.25, -0.2) is 0 Å². The third-order valence-corrected chi connectivity index (χ3v) is 21.0. The van der Waals surface area contributed by atoms with Crippen LogP contribution in [0.25, 0.3) is 113 Å². The first-order valence-corrected chi connectivity index (χ1v) is 45.9. The molecular weight excluding hydrogens is 2640 g/mol. The summed E-state index contributed by atoms with van der Waals surface area (Å²) in [6.07, 6.45) is 18.5. The average Bonchev–Trinajstić information content (AvgIpc) is 0.848. The second-order valence-corrected chi connectivity index (χ2v) is 34.0. The van der Waals surface area contributed by atoms with Crippen molar-refractivity contribution in [2.45, 2.75) is 125 Å². The van der Waals surface area contributed by atoms with Crippen molar-refractivity contribution in [2.24, 2.45) is 0 Å². The van der Waals surface area contributed by atoms with Crippen molar-refractivity contribution in [3.8, 4) is 113 Å². The van der Waals surface area contributed by atoms with E-state index in [9.17, 15) is 0 Å². The summed E-state index contributed by atoms with van der Waals surface area (Å²) in [5, 5.41) is 0. The van der Waals surface area contributed by atoms with Crippen LogP contribution >= 0.6 is 0 Å². The number of aryl methyl sites for hydroxylation is 18. The minimum absolute atomic E-state index is 0. The van der Waals surface area contributed by atoms with Crippen LogP contribution in [0.5, 0.6) is 0 Å². The van der Waals surface area contributed by atoms with E-state index in [1.165, 1.54) is 100 Å². The van der Waals surface area contributed by atoms with Gasteiger partial charge in [0.05, 0.1) is 0 Å². The topological polar surface area (TPSA) is 129 Å². The molecule has 0 spiro atoms. The minimum atomic E-state index is 0. The Morgan fingerprint density at radius 1 is 0.126 bits per heavy atom. The Kier molecular flexibility index (Phi) is 52.3.